The zero-order valence-corrected chi connectivity index (χ0v) is 11.6. The van der Waals surface area contributed by atoms with Crippen LogP contribution in [0.5, 0.6) is 0 Å². The van der Waals surface area contributed by atoms with Gasteiger partial charge in [-0.2, -0.15) is 0 Å². The standard InChI is InChI=1S/C10H15O3P.C2H6/c1-4-6-7-10-9(5-2)12-8-14(3,11)13-10;1-2/h4-7H,8H2,1-3H3;1-2H3/b6-4-,9-5+,10-7+;. The third-order valence-corrected chi connectivity index (χ3v) is 2.87. The Hall–Kier alpha value is -0.950. The lowest BCUT2D eigenvalue weighted by Crippen LogP contribution is -2.09. The summed E-state index contributed by atoms with van der Waals surface area (Å²) in [6.45, 7) is 9.33. The highest BCUT2D eigenvalue weighted by atomic mass is 31.2. The van der Waals surface area contributed by atoms with Gasteiger partial charge in [-0.05, 0) is 26.0 Å². The molecule has 1 saturated heterocycles. The Morgan fingerprint density at radius 2 is 1.88 bits per heavy atom. The van der Waals surface area contributed by atoms with E-state index in [1.165, 1.54) is 0 Å². The molecule has 1 fully saturated rings. The number of hydrogen-bond acceptors (Lipinski definition) is 3. The highest BCUT2D eigenvalue weighted by molar-refractivity contribution is 7.58. The lowest BCUT2D eigenvalue weighted by atomic mass is 10.3. The zero-order valence-electron chi connectivity index (χ0n) is 10.7. The topological polar surface area (TPSA) is 35.5 Å². The Morgan fingerprint density at radius 1 is 1.25 bits per heavy atom. The van der Waals surface area contributed by atoms with Crippen LogP contribution in [0.1, 0.15) is 27.7 Å². The molecule has 1 atom stereocenters. The Balaban J connectivity index is 0.00000106. The summed E-state index contributed by atoms with van der Waals surface area (Å²) in [6.07, 6.45) is 7.41. The van der Waals surface area contributed by atoms with Gasteiger partial charge >= 0.3 is 0 Å². The van der Waals surface area contributed by atoms with E-state index in [1.807, 2.05) is 39.8 Å². The predicted octanol–water partition coefficient (Wildman–Crippen LogP) is 4.29. The first-order valence-electron chi connectivity index (χ1n) is 5.47. The second-order valence-electron chi connectivity index (χ2n) is 3.09. The van der Waals surface area contributed by atoms with Crippen LogP contribution in [0.25, 0.3) is 0 Å². The molecule has 16 heavy (non-hydrogen) atoms. The minimum atomic E-state index is -2.60. The van der Waals surface area contributed by atoms with Crippen molar-refractivity contribution >= 4 is 7.37 Å². The number of allylic oxidation sites excluding steroid dienone is 4. The monoisotopic (exact) mass is 244 g/mol. The average molecular weight is 244 g/mol. The summed E-state index contributed by atoms with van der Waals surface area (Å²) in [4.78, 5) is 0. The molecule has 0 aromatic rings. The molecule has 4 heteroatoms. The predicted molar refractivity (Wildman–Crippen MR) is 68.6 cm³/mol. The van der Waals surface area contributed by atoms with Crippen molar-refractivity contribution in [3.63, 3.8) is 0 Å². The quantitative estimate of drug-likeness (QED) is 0.645. The van der Waals surface area contributed by atoms with Gasteiger partial charge in [0.15, 0.2) is 17.9 Å². The van der Waals surface area contributed by atoms with E-state index in [4.69, 9.17) is 9.26 Å². The maximum absolute atomic E-state index is 11.6. The Labute approximate surface area is 98.3 Å². The Kier molecular flexibility index (Phi) is 6.91. The van der Waals surface area contributed by atoms with Crippen molar-refractivity contribution in [3.8, 4) is 0 Å². The van der Waals surface area contributed by atoms with Crippen LogP contribution in [-0.4, -0.2) is 13.0 Å². The number of hydrogen-bond donors (Lipinski definition) is 0. The fraction of sp³-hybridized carbons (Fsp3) is 0.500. The summed E-state index contributed by atoms with van der Waals surface area (Å²) in [7, 11) is -2.60. The van der Waals surface area contributed by atoms with Gasteiger partial charge in [-0.1, -0.05) is 26.0 Å². The molecule has 0 saturated carbocycles. The summed E-state index contributed by atoms with van der Waals surface area (Å²) >= 11 is 0. The van der Waals surface area contributed by atoms with Crippen molar-refractivity contribution < 1.29 is 13.8 Å². The molecular formula is C12H21O3P. The maximum atomic E-state index is 11.6. The first kappa shape index (κ1) is 15.0. The van der Waals surface area contributed by atoms with Crippen molar-refractivity contribution in [2.75, 3.05) is 13.0 Å². The second-order valence-corrected chi connectivity index (χ2v) is 5.56. The van der Waals surface area contributed by atoms with Crippen molar-refractivity contribution in [2.24, 2.45) is 0 Å². The van der Waals surface area contributed by atoms with E-state index in [2.05, 4.69) is 0 Å². The van der Waals surface area contributed by atoms with Crippen molar-refractivity contribution in [2.45, 2.75) is 27.7 Å². The van der Waals surface area contributed by atoms with Gasteiger partial charge in [0.25, 0.3) is 7.37 Å². The van der Waals surface area contributed by atoms with Crippen LogP contribution in [0.3, 0.4) is 0 Å². The molecule has 1 heterocycles. The number of ether oxygens (including phenoxy) is 1. The third kappa shape index (κ3) is 4.71. The average Bonchev–Trinajstić information content (AvgIpc) is 2.28. The van der Waals surface area contributed by atoms with Gasteiger partial charge in [0.2, 0.25) is 0 Å². The van der Waals surface area contributed by atoms with Crippen LogP contribution in [-0.2, 0) is 13.8 Å². The molecule has 0 aliphatic carbocycles. The second kappa shape index (κ2) is 7.34. The van der Waals surface area contributed by atoms with Gasteiger partial charge in [-0.15, -0.1) is 0 Å². The Bertz CT molecular complexity index is 340. The third-order valence-electron chi connectivity index (χ3n) is 1.69. The van der Waals surface area contributed by atoms with Gasteiger partial charge in [0, 0.05) is 6.66 Å². The van der Waals surface area contributed by atoms with E-state index in [-0.39, 0.29) is 6.35 Å². The molecule has 1 rings (SSSR count). The van der Waals surface area contributed by atoms with Crippen molar-refractivity contribution in [3.05, 3.63) is 35.8 Å². The van der Waals surface area contributed by atoms with Crippen LogP contribution in [0.4, 0.5) is 0 Å². The lowest BCUT2D eigenvalue weighted by Gasteiger charge is -2.25. The highest BCUT2D eigenvalue weighted by Gasteiger charge is 2.27. The Morgan fingerprint density at radius 3 is 2.38 bits per heavy atom. The lowest BCUT2D eigenvalue weighted by molar-refractivity contribution is 0.198. The van der Waals surface area contributed by atoms with Crippen LogP contribution < -0.4 is 0 Å². The molecule has 0 aromatic heterocycles. The van der Waals surface area contributed by atoms with Gasteiger partial charge in [0.05, 0.1) is 0 Å². The maximum Gasteiger partial charge on any atom is 0.281 e. The summed E-state index contributed by atoms with van der Waals surface area (Å²) < 4.78 is 22.3. The minimum Gasteiger partial charge on any atom is -0.479 e. The van der Waals surface area contributed by atoms with Crippen LogP contribution in [0, 0.1) is 0 Å². The molecule has 92 valence electrons. The van der Waals surface area contributed by atoms with Crippen molar-refractivity contribution in [1.82, 2.24) is 0 Å². The number of rotatable bonds is 1. The highest BCUT2D eigenvalue weighted by Crippen LogP contribution is 2.50. The normalized spacial score (nSPS) is 29.6. The fourth-order valence-corrected chi connectivity index (χ4v) is 2.05. The van der Waals surface area contributed by atoms with Crippen LogP contribution in [0.15, 0.2) is 35.8 Å². The van der Waals surface area contributed by atoms with E-state index in [9.17, 15) is 4.57 Å². The molecule has 3 nitrogen and oxygen atoms in total. The van der Waals surface area contributed by atoms with E-state index in [0.29, 0.717) is 11.5 Å². The smallest absolute Gasteiger partial charge is 0.281 e. The molecule has 0 N–H and O–H groups in total. The molecule has 1 aliphatic heterocycles. The summed E-state index contributed by atoms with van der Waals surface area (Å²) in [5.41, 5.74) is 0. The van der Waals surface area contributed by atoms with E-state index < -0.39 is 7.37 Å². The van der Waals surface area contributed by atoms with E-state index in [1.54, 1.807) is 18.8 Å². The molecule has 0 aromatic carbocycles. The largest absolute Gasteiger partial charge is 0.479 e. The zero-order chi connectivity index (χ0) is 12.6. The van der Waals surface area contributed by atoms with Gasteiger partial charge in [0.1, 0.15) is 0 Å². The molecule has 0 bridgehead atoms. The van der Waals surface area contributed by atoms with Crippen molar-refractivity contribution in [1.29, 1.82) is 0 Å². The van der Waals surface area contributed by atoms with E-state index in [0.717, 1.165) is 0 Å². The van der Waals surface area contributed by atoms with Gasteiger partial charge < -0.3 is 9.26 Å². The molecule has 1 unspecified atom stereocenters. The summed E-state index contributed by atoms with van der Waals surface area (Å²) in [6, 6.07) is 0. The molecule has 0 spiro atoms. The SMILES string of the molecule is CC.C\C=C/C=C1/OP(C)(=O)CO/C1=C/C. The molecule has 1 aliphatic rings. The first-order chi connectivity index (χ1) is 7.59. The van der Waals surface area contributed by atoms with Crippen LogP contribution in [0.2, 0.25) is 0 Å². The van der Waals surface area contributed by atoms with Gasteiger partial charge in [-0.3, -0.25) is 4.57 Å². The summed E-state index contributed by atoms with van der Waals surface area (Å²) in [5, 5.41) is 0. The molecular weight excluding hydrogens is 223 g/mol. The van der Waals surface area contributed by atoms with Crippen LogP contribution >= 0.6 is 7.37 Å². The minimum absolute atomic E-state index is 0.153. The fourth-order valence-electron chi connectivity index (χ4n) is 1.06. The summed E-state index contributed by atoms with van der Waals surface area (Å²) in [5.74, 6) is 1.19. The first-order valence-corrected chi connectivity index (χ1v) is 7.73. The van der Waals surface area contributed by atoms with Gasteiger partial charge in [-0.25, -0.2) is 0 Å². The molecule has 0 radical (unpaired) electrons. The molecule has 0 amide bonds. The van der Waals surface area contributed by atoms with E-state index >= 15 is 0 Å².